The monoisotopic (exact) mass is 445 g/mol. The summed E-state index contributed by atoms with van der Waals surface area (Å²) in [7, 11) is 0. The quantitative estimate of drug-likeness (QED) is 0.401. The third-order valence-electron chi connectivity index (χ3n) is 4.79. The molecule has 0 spiro atoms. The first-order chi connectivity index (χ1) is 14.2. The molecule has 1 aliphatic heterocycles. The molecule has 1 aromatic carbocycles. The van der Waals surface area contributed by atoms with Crippen molar-refractivity contribution in [2.45, 2.75) is 50.4 Å². The minimum Gasteiger partial charge on any atom is -0.481 e. The van der Waals surface area contributed by atoms with Gasteiger partial charge in [0.25, 0.3) is 0 Å². The lowest BCUT2D eigenvalue weighted by Gasteiger charge is -2.22. The number of hydrogen-bond acceptors (Lipinski definition) is 4. The van der Waals surface area contributed by atoms with Gasteiger partial charge >= 0.3 is 12.1 Å². The van der Waals surface area contributed by atoms with Crippen LogP contribution in [0.5, 0.6) is 0 Å². The van der Waals surface area contributed by atoms with Gasteiger partial charge in [0, 0.05) is 31.6 Å². The van der Waals surface area contributed by atoms with E-state index in [0.717, 1.165) is 12.1 Å². The molecule has 1 saturated heterocycles. The number of aliphatic hydroxyl groups is 1. The lowest BCUT2D eigenvalue weighted by molar-refractivity contribution is -0.138. The van der Waals surface area contributed by atoms with Crippen molar-refractivity contribution in [2.75, 3.05) is 18.1 Å². The van der Waals surface area contributed by atoms with Crippen LogP contribution in [0.3, 0.4) is 0 Å². The molecule has 30 heavy (non-hydrogen) atoms. The number of carbonyl (C=O) groups excluding carboxylic acids is 1. The molecular formula is C21H26F3NO4S. The number of aliphatic hydroxyl groups excluding tert-OH is 1. The first-order valence-electron chi connectivity index (χ1n) is 9.78. The highest BCUT2D eigenvalue weighted by molar-refractivity contribution is 7.99. The molecule has 0 aliphatic carbocycles. The van der Waals surface area contributed by atoms with Gasteiger partial charge in [-0.15, -0.1) is 0 Å². The molecule has 1 fully saturated rings. The number of hydrogen-bond donors (Lipinski definition) is 2. The first-order valence-corrected chi connectivity index (χ1v) is 10.9. The van der Waals surface area contributed by atoms with Crippen molar-refractivity contribution >= 4 is 23.6 Å². The van der Waals surface area contributed by atoms with Gasteiger partial charge < -0.3 is 15.1 Å². The van der Waals surface area contributed by atoms with Crippen molar-refractivity contribution in [1.29, 1.82) is 0 Å². The van der Waals surface area contributed by atoms with E-state index in [9.17, 15) is 27.9 Å². The molecule has 1 aliphatic rings. The van der Waals surface area contributed by atoms with Crippen LogP contribution < -0.4 is 0 Å². The lowest BCUT2D eigenvalue weighted by atomic mass is 10.0. The van der Waals surface area contributed by atoms with Crippen LogP contribution in [0.25, 0.3) is 0 Å². The summed E-state index contributed by atoms with van der Waals surface area (Å²) in [6.45, 7) is 0.537. The Labute approximate surface area is 178 Å². The van der Waals surface area contributed by atoms with E-state index >= 15 is 0 Å². The van der Waals surface area contributed by atoms with Crippen LogP contribution in [0.4, 0.5) is 13.2 Å². The van der Waals surface area contributed by atoms with E-state index in [1.54, 1.807) is 28.8 Å². The molecular weight excluding hydrogens is 419 g/mol. The highest BCUT2D eigenvalue weighted by atomic mass is 32.2. The van der Waals surface area contributed by atoms with Gasteiger partial charge in [-0.25, -0.2) is 0 Å². The third-order valence-corrected chi connectivity index (χ3v) is 5.83. The molecule has 0 saturated carbocycles. The molecule has 1 heterocycles. The van der Waals surface area contributed by atoms with Crippen molar-refractivity contribution in [2.24, 2.45) is 0 Å². The maximum Gasteiger partial charge on any atom is 0.416 e. The molecule has 2 N–H and O–H groups in total. The number of likely N-dealkylation sites (tertiary alicyclic amines) is 1. The molecule has 1 aromatic rings. The van der Waals surface area contributed by atoms with Gasteiger partial charge in [-0.2, -0.15) is 24.9 Å². The second-order valence-corrected chi connectivity index (χ2v) is 8.38. The van der Waals surface area contributed by atoms with E-state index < -0.39 is 23.8 Å². The number of halogens is 3. The number of alkyl halides is 3. The summed E-state index contributed by atoms with van der Waals surface area (Å²) in [5.74, 6) is 0.620. The Morgan fingerprint density at radius 3 is 2.80 bits per heavy atom. The van der Waals surface area contributed by atoms with Crippen molar-refractivity contribution in [3.63, 3.8) is 0 Å². The van der Waals surface area contributed by atoms with Crippen LogP contribution in [0.15, 0.2) is 36.4 Å². The summed E-state index contributed by atoms with van der Waals surface area (Å²) in [6, 6.07) is 4.74. The Morgan fingerprint density at radius 2 is 2.10 bits per heavy atom. The van der Waals surface area contributed by atoms with Crippen LogP contribution in [-0.4, -0.2) is 57.2 Å². The highest BCUT2D eigenvalue weighted by Gasteiger charge is 2.31. The molecule has 2 unspecified atom stereocenters. The summed E-state index contributed by atoms with van der Waals surface area (Å²) >= 11 is 1.59. The standard InChI is InChI=1S/C21H26F3NO4S/c22-21(23,24)16-4-1-3-15(13-16)14-18(26)8-6-17-7-9-19(27)25(17)10-12-30-11-2-5-20(28)29/h1,3-4,6,8,13,17-18,26H,2,5,7,9-12,14H2,(H,28,29). The molecule has 0 bridgehead atoms. The SMILES string of the molecule is O=C(O)CCCSCCN1C(=O)CCC1C=CC(O)Cc1cccc(C(F)(F)F)c1. The van der Waals surface area contributed by atoms with E-state index in [0.29, 0.717) is 42.9 Å². The molecule has 9 heteroatoms. The second-order valence-electron chi connectivity index (χ2n) is 7.16. The molecule has 5 nitrogen and oxygen atoms in total. The minimum absolute atomic E-state index is 0.0307. The Hall–Kier alpha value is -2.00. The molecule has 166 valence electrons. The van der Waals surface area contributed by atoms with Crippen LogP contribution in [0.2, 0.25) is 0 Å². The predicted molar refractivity (Wildman–Crippen MR) is 109 cm³/mol. The van der Waals surface area contributed by atoms with E-state index in [1.165, 1.54) is 12.1 Å². The number of carbonyl (C=O) groups is 2. The van der Waals surface area contributed by atoms with Crippen molar-refractivity contribution in [3.8, 4) is 0 Å². The van der Waals surface area contributed by atoms with Crippen LogP contribution >= 0.6 is 11.8 Å². The molecule has 2 rings (SSSR count). The number of thioether (sulfide) groups is 1. The van der Waals surface area contributed by atoms with E-state index in [2.05, 4.69) is 0 Å². The Balaban J connectivity index is 1.83. The number of amides is 1. The smallest absolute Gasteiger partial charge is 0.416 e. The maximum absolute atomic E-state index is 12.8. The summed E-state index contributed by atoms with van der Waals surface area (Å²) < 4.78 is 38.4. The Morgan fingerprint density at radius 1 is 1.33 bits per heavy atom. The van der Waals surface area contributed by atoms with Crippen LogP contribution in [0.1, 0.15) is 36.8 Å². The fourth-order valence-electron chi connectivity index (χ4n) is 3.28. The molecule has 0 aromatic heterocycles. The fourth-order valence-corrected chi connectivity index (χ4v) is 4.16. The zero-order chi connectivity index (χ0) is 22.1. The van der Waals surface area contributed by atoms with Gasteiger partial charge in [0.05, 0.1) is 17.7 Å². The van der Waals surface area contributed by atoms with Gasteiger partial charge in [0.1, 0.15) is 0 Å². The summed E-state index contributed by atoms with van der Waals surface area (Å²) in [5, 5.41) is 18.8. The van der Waals surface area contributed by atoms with Crippen LogP contribution in [-0.2, 0) is 22.2 Å². The van der Waals surface area contributed by atoms with Gasteiger partial charge in [-0.3, -0.25) is 9.59 Å². The second kappa shape index (κ2) is 11.4. The van der Waals surface area contributed by atoms with Crippen molar-refractivity contribution < 1.29 is 33.0 Å². The van der Waals surface area contributed by atoms with Crippen molar-refractivity contribution in [3.05, 3.63) is 47.5 Å². The summed E-state index contributed by atoms with van der Waals surface area (Å²) in [6.07, 6.45) is -0.263. The zero-order valence-electron chi connectivity index (χ0n) is 16.5. The Kier molecular flexibility index (Phi) is 9.23. The van der Waals surface area contributed by atoms with Gasteiger partial charge in [0.2, 0.25) is 5.91 Å². The average Bonchev–Trinajstić information content (AvgIpc) is 3.02. The van der Waals surface area contributed by atoms with E-state index in [1.807, 2.05) is 0 Å². The van der Waals surface area contributed by atoms with Gasteiger partial charge in [-0.1, -0.05) is 30.4 Å². The molecule has 0 radical (unpaired) electrons. The van der Waals surface area contributed by atoms with Crippen LogP contribution in [0, 0.1) is 0 Å². The Bertz CT molecular complexity index is 754. The minimum atomic E-state index is -4.42. The lowest BCUT2D eigenvalue weighted by Crippen LogP contribution is -2.34. The highest BCUT2D eigenvalue weighted by Crippen LogP contribution is 2.29. The van der Waals surface area contributed by atoms with Crippen molar-refractivity contribution in [1.82, 2.24) is 4.90 Å². The largest absolute Gasteiger partial charge is 0.481 e. The fraction of sp³-hybridized carbons (Fsp3) is 0.524. The number of nitrogens with zero attached hydrogens (tertiary/aromatic N) is 1. The first kappa shape index (κ1) is 24.3. The summed E-state index contributed by atoms with van der Waals surface area (Å²) in [5.41, 5.74) is -0.358. The summed E-state index contributed by atoms with van der Waals surface area (Å²) in [4.78, 5) is 24.3. The van der Waals surface area contributed by atoms with E-state index in [4.69, 9.17) is 5.11 Å². The predicted octanol–water partition coefficient (Wildman–Crippen LogP) is 3.75. The topological polar surface area (TPSA) is 77.8 Å². The average molecular weight is 446 g/mol. The maximum atomic E-state index is 12.8. The normalized spacial score (nSPS) is 18.3. The number of benzene rings is 1. The molecule has 2 atom stereocenters. The van der Waals surface area contributed by atoms with E-state index in [-0.39, 0.29) is 24.8 Å². The van der Waals surface area contributed by atoms with Gasteiger partial charge in [-0.05, 0) is 30.2 Å². The van der Waals surface area contributed by atoms with Gasteiger partial charge in [0.15, 0.2) is 0 Å². The number of rotatable bonds is 11. The number of carboxylic acid groups (broad SMARTS) is 1. The molecule has 1 amide bonds. The zero-order valence-corrected chi connectivity index (χ0v) is 17.3. The number of carboxylic acids is 1. The third kappa shape index (κ3) is 8.02. The number of aliphatic carboxylic acids is 1.